The number of nitro benzene ring substituents is 1. The monoisotopic (exact) mass is 419 g/mol. The summed E-state index contributed by atoms with van der Waals surface area (Å²) in [5.41, 5.74) is 1.75. The largest absolute Gasteiger partial charge is 0.496 e. The van der Waals surface area contributed by atoms with E-state index in [-0.39, 0.29) is 11.2 Å². The first kappa shape index (κ1) is 18.1. The summed E-state index contributed by atoms with van der Waals surface area (Å²) in [6.07, 6.45) is 1.64. The number of imidazole rings is 1. The third kappa shape index (κ3) is 2.83. The van der Waals surface area contributed by atoms with Crippen LogP contribution in [0.1, 0.15) is 5.76 Å². The van der Waals surface area contributed by atoms with Gasteiger partial charge in [0, 0.05) is 18.2 Å². The van der Waals surface area contributed by atoms with E-state index >= 15 is 0 Å². The van der Waals surface area contributed by atoms with E-state index in [1.807, 2.05) is 24.3 Å². The normalized spacial score (nSPS) is 12.1. The van der Waals surface area contributed by atoms with Gasteiger partial charge in [-0.3, -0.25) is 14.9 Å². The molecule has 0 aliphatic heterocycles. The zero-order chi connectivity index (χ0) is 20.8. The highest BCUT2D eigenvalue weighted by Gasteiger charge is 2.16. The lowest BCUT2D eigenvalue weighted by atomic mass is 10.1. The van der Waals surface area contributed by atoms with Gasteiger partial charge in [-0.15, -0.1) is 0 Å². The van der Waals surface area contributed by atoms with Gasteiger partial charge in [0.2, 0.25) is 0 Å². The fourth-order valence-corrected chi connectivity index (χ4v) is 4.29. The lowest BCUT2D eigenvalue weighted by Crippen LogP contribution is -2.22. The molecule has 148 valence electrons. The Labute approximate surface area is 172 Å². The van der Waals surface area contributed by atoms with Crippen LogP contribution in [0.25, 0.3) is 33.4 Å². The van der Waals surface area contributed by atoms with Crippen LogP contribution in [0, 0.1) is 10.1 Å². The summed E-state index contributed by atoms with van der Waals surface area (Å²) in [5.74, 6) is 1.30. The Morgan fingerprint density at radius 3 is 2.83 bits per heavy atom. The summed E-state index contributed by atoms with van der Waals surface area (Å²) >= 11 is 1.27. The molecular weight excluding hydrogens is 406 g/mol. The summed E-state index contributed by atoms with van der Waals surface area (Å²) in [6.45, 7) is 0. The van der Waals surface area contributed by atoms with Crippen LogP contribution in [-0.2, 0) is 0 Å². The van der Waals surface area contributed by atoms with Crippen molar-refractivity contribution < 1.29 is 14.1 Å². The number of non-ortho nitro benzene ring substituents is 1. The van der Waals surface area contributed by atoms with Crippen molar-refractivity contribution in [3.05, 3.63) is 85.4 Å². The number of rotatable bonds is 4. The molecule has 3 heterocycles. The minimum Gasteiger partial charge on any atom is -0.496 e. The van der Waals surface area contributed by atoms with Gasteiger partial charge in [0.05, 0.1) is 28.6 Å². The molecule has 0 radical (unpaired) electrons. The highest BCUT2D eigenvalue weighted by molar-refractivity contribution is 7.15. The maximum Gasteiger partial charge on any atom is 0.275 e. The van der Waals surface area contributed by atoms with Gasteiger partial charge < -0.3 is 9.15 Å². The molecule has 8 nitrogen and oxygen atoms in total. The lowest BCUT2D eigenvalue weighted by Gasteiger charge is -2.05. The number of furan rings is 1. The number of para-hydroxylation sites is 2. The van der Waals surface area contributed by atoms with Gasteiger partial charge in [-0.25, -0.2) is 9.38 Å². The molecule has 2 aromatic carbocycles. The van der Waals surface area contributed by atoms with Crippen LogP contribution in [-0.4, -0.2) is 21.4 Å². The average Bonchev–Trinajstić information content (AvgIpc) is 3.43. The molecule has 30 heavy (non-hydrogen) atoms. The van der Waals surface area contributed by atoms with E-state index in [9.17, 15) is 14.9 Å². The van der Waals surface area contributed by atoms with Crippen LogP contribution >= 0.6 is 11.3 Å². The standard InChI is InChI=1S/C21H13N3O5S/c1-28-17-8-6-12(24(26)27)10-14(17)18-9-7-13(29-18)11-19-20(25)23-16-5-3-2-4-15(16)22-21(23)30-19/h2-11H,1H3/b19-11-. The number of benzene rings is 2. The van der Waals surface area contributed by atoms with Crippen molar-refractivity contribution in [1.82, 2.24) is 9.38 Å². The van der Waals surface area contributed by atoms with E-state index < -0.39 is 4.92 Å². The number of fused-ring (bicyclic) bond motifs is 3. The quantitative estimate of drug-likeness (QED) is 0.326. The van der Waals surface area contributed by atoms with Crippen LogP contribution < -0.4 is 14.8 Å². The van der Waals surface area contributed by atoms with Crippen molar-refractivity contribution in [3.63, 3.8) is 0 Å². The number of nitrogens with zero attached hydrogens (tertiary/aromatic N) is 3. The predicted molar refractivity (Wildman–Crippen MR) is 113 cm³/mol. The highest BCUT2D eigenvalue weighted by Crippen LogP contribution is 2.34. The van der Waals surface area contributed by atoms with E-state index in [0.717, 1.165) is 11.0 Å². The minimum absolute atomic E-state index is 0.0686. The van der Waals surface area contributed by atoms with Gasteiger partial charge in [0.15, 0.2) is 4.96 Å². The molecule has 0 N–H and O–H groups in total. The zero-order valence-corrected chi connectivity index (χ0v) is 16.4. The molecule has 0 aliphatic carbocycles. The van der Waals surface area contributed by atoms with E-state index in [4.69, 9.17) is 9.15 Å². The summed E-state index contributed by atoms with van der Waals surface area (Å²) in [7, 11) is 1.48. The summed E-state index contributed by atoms with van der Waals surface area (Å²) in [5, 5.41) is 11.1. The molecular formula is C21H13N3O5S. The molecule has 0 bridgehead atoms. The number of thiazole rings is 1. The Morgan fingerprint density at radius 1 is 1.20 bits per heavy atom. The van der Waals surface area contributed by atoms with E-state index in [2.05, 4.69) is 4.98 Å². The van der Waals surface area contributed by atoms with Gasteiger partial charge in [-0.1, -0.05) is 23.5 Å². The number of aromatic nitrogens is 2. The number of ether oxygens (including phenoxy) is 1. The molecule has 3 aromatic heterocycles. The van der Waals surface area contributed by atoms with Gasteiger partial charge >= 0.3 is 0 Å². The second-order valence-electron chi connectivity index (χ2n) is 6.48. The van der Waals surface area contributed by atoms with Crippen LogP contribution in [0.15, 0.2) is 63.8 Å². The van der Waals surface area contributed by atoms with Crippen molar-refractivity contribution >= 4 is 39.1 Å². The zero-order valence-electron chi connectivity index (χ0n) is 15.6. The number of hydrogen-bond donors (Lipinski definition) is 0. The van der Waals surface area contributed by atoms with Gasteiger partial charge in [0.25, 0.3) is 11.2 Å². The third-order valence-corrected chi connectivity index (χ3v) is 5.67. The predicted octanol–water partition coefficient (Wildman–Crippen LogP) is 3.63. The first-order chi connectivity index (χ1) is 14.5. The summed E-state index contributed by atoms with van der Waals surface area (Å²) in [6, 6.07) is 15.1. The fraction of sp³-hybridized carbons (Fsp3) is 0.0476. The SMILES string of the molecule is COc1ccc([N+](=O)[O-])cc1-c1ccc(/C=c2\sc3nc4ccccc4n3c2=O)o1. The molecule has 0 saturated heterocycles. The third-order valence-electron chi connectivity index (χ3n) is 4.70. The van der Waals surface area contributed by atoms with Crippen LogP contribution in [0.5, 0.6) is 5.75 Å². The van der Waals surface area contributed by atoms with Crippen molar-refractivity contribution in [2.45, 2.75) is 0 Å². The number of hydrogen-bond acceptors (Lipinski definition) is 7. The summed E-state index contributed by atoms with van der Waals surface area (Å²) < 4.78 is 13.2. The van der Waals surface area contributed by atoms with Crippen molar-refractivity contribution in [1.29, 1.82) is 0 Å². The Kier molecular flexibility index (Phi) is 4.11. The maximum atomic E-state index is 12.9. The van der Waals surface area contributed by atoms with Crippen LogP contribution in [0.2, 0.25) is 0 Å². The molecule has 0 aliphatic rings. The van der Waals surface area contributed by atoms with E-state index in [1.165, 1.54) is 36.6 Å². The van der Waals surface area contributed by atoms with Gasteiger partial charge in [0.1, 0.15) is 21.8 Å². The first-order valence-corrected chi connectivity index (χ1v) is 9.71. The van der Waals surface area contributed by atoms with Crippen molar-refractivity contribution in [2.75, 3.05) is 7.11 Å². The Hall–Kier alpha value is -3.98. The molecule has 5 aromatic rings. The smallest absolute Gasteiger partial charge is 0.275 e. The molecule has 9 heteroatoms. The molecule has 0 saturated carbocycles. The second kappa shape index (κ2) is 6.82. The van der Waals surface area contributed by atoms with Gasteiger partial charge in [-0.2, -0.15) is 0 Å². The molecule has 0 fully saturated rings. The second-order valence-corrected chi connectivity index (χ2v) is 7.49. The van der Waals surface area contributed by atoms with E-state index in [1.54, 1.807) is 22.6 Å². The van der Waals surface area contributed by atoms with Gasteiger partial charge in [-0.05, 0) is 30.3 Å². The van der Waals surface area contributed by atoms with E-state index in [0.29, 0.717) is 32.3 Å². The van der Waals surface area contributed by atoms with Crippen LogP contribution in [0.3, 0.4) is 0 Å². The Bertz CT molecular complexity index is 1550. The number of nitro groups is 1. The van der Waals surface area contributed by atoms with Crippen molar-refractivity contribution in [2.24, 2.45) is 0 Å². The topological polar surface area (TPSA) is 99.9 Å². The Balaban J connectivity index is 1.61. The number of methoxy groups -OCH3 is 1. The lowest BCUT2D eigenvalue weighted by molar-refractivity contribution is -0.384. The molecule has 0 atom stereocenters. The molecule has 0 spiro atoms. The Morgan fingerprint density at radius 2 is 2.03 bits per heavy atom. The summed E-state index contributed by atoms with van der Waals surface area (Å²) in [4.78, 5) is 28.6. The fourth-order valence-electron chi connectivity index (χ4n) is 3.32. The maximum absolute atomic E-state index is 12.9. The molecule has 0 unspecified atom stereocenters. The highest BCUT2D eigenvalue weighted by atomic mass is 32.1. The molecule has 0 amide bonds. The first-order valence-electron chi connectivity index (χ1n) is 8.89. The minimum atomic E-state index is -0.478. The van der Waals surface area contributed by atoms with Crippen LogP contribution in [0.4, 0.5) is 5.69 Å². The average molecular weight is 419 g/mol. The molecule has 5 rings (SSSR count). The van der Waals surface area contributed by atoms with Crippen molar-refractivity contribution in [3.8, 4) is 17.1 Å².